The monoisotopic (exact) mass is 285 g/mol. The number of hydrogen-bond donors (Lipinski definition) is 0. The van der Waals surface area contributed by atoms with Crippen molar-refractivity contribution in [3.8, 4) is 5.75 Å². The van der Waals surface area contributed by atoms with Crippen LogP contribution in [0.2, 0.25) is 0 Å². The first kappa shape index (κ1) is 13.7. The van der Waals surface area contributed by atoms with Gasteiger partial charge in [0.1, 0.15) is 5.75 Å². The lowest BCUT2D eigenvalue weighted by molar-refractivity contribution is 0.340. The van der Waals surface area contributed by atoms with Crippen molar-refractivity contribution in [2.24, 2.45) is 0 Å². The molecule has 1 aromatic carbocycles. The molecule has 21 heavy (non-hydrogen) atoms. The van der Waals surface area contributed by atoms with Gasteiger partial charge < -0.3 is 13.8 Å². The van der Waals surface area contributed by atoms with Crippen LogP contribution in [0.25, 0.3) is 10.9 Å². The Hall–Kier alpha value is -2.30. The Kier molecular flexibility index (Phi) is 3.90. The number of rotatable bonds is 6. The van der Waals surface area contributed by atoms with Gasteiger partial charge in [-0.05, 0) is 37.6 Å². The minimum atomic E-state index is 0.616. The standard InChI is InChI=1S/C16H19N3O2/c1-3-5-16-17-15(18-21-16)11-19-9-8-12-10-13(20-4-2)6-7-14(12)19/h6-10H,3-5,11H2,1-2H3. The van der Waals surface area contributed by atoms with Gasteiger partial charge in [0, 0.05) is 23.5 Å². The predicted molar refractivity (Wildman–Crippen MR) is 80.5 cm³/mol. The Morgan fingerprint density at radius 2 is 2.14 bits per heavy atom. The summed E-state index contributed by atoms with van der Waals surface area (Å²) in [6.45, 7) is 5.37. The van der Waals surface area contributed by atoms with Crippen molar-refractivity contribution in [1.29, 1.82) is 0 Å². The number of aryl methyl sites for hydroxylation is 1. The molecular formula is C16H19N3O2. The molecule has 0 aliphatic carbocycles. The summed E-state index contributed by atoms with van der Waals surface area (Å²) in [5, 5.41) is 5.18. The highest BCUT2D eigenvalue weighted by Crippen LogP contribution is 2.22. The van der Waals surface area contributed by atoms with E-state index in [-0.39, 0.29) is 0 Å². The zero-order chi connectivity index (χ0) is 14.7. The maximum atomic E-state index is 5.52. The van der Waals surface area contributed by atoms with Gasteiger partial charge in [-0.2, -0.15) is 4.98 Å². The highest BCUT2D eigenvalue weighted by Gasteiger charge is 2.08. The van der Waals surface area contributed by atoms with Crippen LogP contribution in [0.1, 0.15) is 32.0 Å². The van der Waals surface area contributed by atoms with E-state index in [9.17, 15) is 0 Å². The molecule has 0 unspecified atom stereocenters. The molecule has 2 aromatic heterocycles. The fourth-order valence-electron chi connectivity index (χ4n) is 2.39. The maximum absolute atomic E-state index is 5.52. The summed E-state index contributed by atoms with van der Waals surface area (Å²) in [5.74, 6) is 2.32. The molecule has 0 N–H and O–H groups in total. The Bertz CT molecular complexity index is 730. The number of hydrogen-bond acceptors (Lipinski definition) is 4. The van der Waals surface area contributed by atoms with Crippen molar-refractivity contribution in [1.82, 2.24) is 14.7 Å². The fraction of sp³-hybridized carbons (Fsp3) is 0.375. The Morgan fingerprint density at radius 1 is 1.24 bits per heavy atom. The van der Waals surface area contributed by atoms with Crippen LogP contribution in [-0.2, 0) is 13.0 Å². The summed E-state index contributed by atoms with van der Waals surface area (Å²) in [7, 11) is 0. The first-order chi connectivity index (χ1) is 10.3. The van der Waals surface area contributed by atoms with Crippen molar-refractivity contribution in [3.63, 3.8) is 0 Å². The van der Waals surface area contributed by atoms with E-state index < -0.39 is 0 Å². The quantitative estimate of drug-likeness (QED) is 0.696. The van der Waals surface area contributed by atoms with E-state index in [0.717, 1.165) is 29.5 Å². The largest absolute Gasteiger partial charge is 0.494 e. The first-order valence-electron chi connectivity index (χ1n) is 7.33. The lowest BCUT2D eigenvalue weighted by Gasteiger charge is -2.04. The first-order valence-corrected chi connectivity index (χ1v) is 7.33. The third-order valence-electron chi connectivity index (χ3n) is 3.34. The Morgan fingerprint density at radius 3 is 2.95 bits per heavy atom. The molecule has 5 heteroatoms. The van der Waals surface area contributed by atoms with Crippen LogP contribution in [0, 0.1) is 0 Å². The van der Waals surface area contributed by atoms with Gasteiger partial charge in [0.05, 0.1) is 13.2 Å². The second kappa shape index (κ2) is 5.99. The molecule has 0 aliphatic heterocycles. The van der Waals surface area contributed by atoms with Crippen LogP contribution < -0.4 is 4.74 Å². The molecule has 0 spiro atoms. The molecule has 0 saturated carbocycles. The van der Waals surface area contributed by atoms with Crippen LogP contribution in [-0.4, -0.2) is 21.3 Å². The lowest BCUT2D eigenvalue weighted by Crippen LogP contribution is -2.00. The molecule has 0 fully saturated rings. The van der Waals surface area contributed by atoms with E-state index in [1.165, 1.54) is 0 Å². The summed E-state index contributed by atoms with van der Waals surface area (Å²) in [5.41, 5.74) is 1.14. The molecule has 0 atom stereocenters. The topological polar surface area (TPSA) is 53.1 Å². The van der Waals surface area contributed by atoms with E-state index in [0.29, 0.717) is 24.9 Å². The van der Waals surface area contributed by atoms with Gasteiger partial charge in [0.2, 0.25) is 5.89 Å². The molecule has 0 aliphatic rings. The van der Waals surface area contributed by atoms with Crippen LogP contribution in [0.4, 0.5) is 0 Å². The summed E-state index contributed by atoms with van der Waals surface area (Å²) >= 11 is 0. The summed E-state index contributed by atoms with van der Waals surface area (Å²) in [4.78, 5) is 4.41. The molecule has 3 rings (SSSR count). The summed E-state index contributed by atoms with van der Waals surface area (Å²) in [6.07, 6.45) is 3.88. The number of fused-ring (bicyclic) bond motifs is 1. The molecule has 5 nitrogen and oxygen atoms in total. The van der Waals surface area contributed by atoms with Gasteiger partial charge in [-0.1, -0.05) is 12.1 Å². The highest BCUT2D eigenvalue weighted by molar-refractivity contribution is 5.81. The van der Waals surface area contributed by atoms with Gasteiger partial charge >= 0.3 is 0 Å². The van der Waals surface area contributed by atoms with Crippen LogP contribution >= 0.6 is 0 Å². The van der Waals surface area contributed by atoms with Crippen LogP contribution in [0.5, 0.6) is 5.75 Å². The van der Waals surface area contributed by atoms with Gasteiger partial charge in [-0.25, -0.2) is 0 Å². The predicted octanol–water partition coefficient (Wildman–Crippen LogP) is 3.42. The van der Waals surface area contributed by atoms with E-state index in [4.69, 9.17) is 9.26 Å². The highest BCUT2D eigenvalue weighted by atomic mass is 16.5. The van der Waals surface area contributed by atoms with Crippen LogP contribution in [0.15, 0.2) is 35.0 Å². The van der Waals surface area contributed by atoms with E-state index in [1.807, 2.05) is 25.3 Å². The van der Waals surface area contributed by atoms with Gasteiger partial charge in [0.15, 0.2) is 5.82 Å². The molecular weight excluding hydrogens is 266 g/mol. The van der Waals surface area contributed by atoms with Crippen molar-refractivity contribution >= 4 is 10.9 Å². The summed E-state index contributed by atoms with van der Waals surface area (Å²) < 4.78 is 12.9. The van der Waals surface area contributed by atoms with Crippen molar-refractivity contribution in [2.45, 2.75) is 33.2 Å². The average molecular weight is 285 g/mol. The van der Waals surface area contributed by atoms with Crippen molar-refractivity contribution < 1.29 is 9.26 Å². The van der Waals surface area contributed by atoms with Gasteiger partial charge in [0.25, 0.3) is 0 Å². The minimum absolute atomic E-state index is 0.616. The number of aromatic nitrogens is 3. The third-order valence-corrected chi connectivity index (χ3v) is 3.34. The average Bonchev–Trinajstić information content (AvgIpc) is 3.08. The lowest BCUT2D eigenvalue weighted by atomic mass is 10.2. The zero-order valence-corrected chi connectivity index (χ0v) is 12.4. The molecule has 0 saturated heterocycles. The summed E-state index contributed by atoms with van der Waals surface area (Å²) in [6, 6.07) is 8.17. The third kappa shape index (κ3) is 2.91. The molecule has 2 heterocycles. The number of benzene rings is 1. The zero-order valence-electron chi connectivity index (χ0n) is 12.4. The fourth-order valence-corrected chi connectivity index (χ4v) is 2.39. The van der Waals surface area contributed by atoms with Crippen molar-refractivity contribution in [3.05, 3.63) is 42.2 Å². The molecule has 110 valence electrons. The van der Waals surface area contributed by atoms with Gasteiger partial charge in [-0.15, -0.1) is 0 Å². The molecule has 0 radical (unpaired) electrons. The van der Waals surface area contributed by atoms with Crippen LogP contribution in [0.3, 0.4) is 0 Å². The number of nitrogens with zero attached hydrogens (tertiary/aromatic N) is 3. The molecule has 3 aromatic rings. The SMILES string of the molecule is CCCc1nc(Cn2ccc3cc(OCC)ccc32)no1. The second-order valence-electron chi connectivity index (χ2n) is 4.95. The Labute approximate surface area is 123 Å². The number of ether oxygens (including phenoxy) is 1. The smallest absolute Gasteiger partial charge is 0.226 e. The minimum Gasteiger partial charge on any atom is -0.494 e. The molecule has 0 amide bonds. The normalized spacial score (nSPS) is 11.1. The van der Waals surface area contributed by atoms with E-state index in [1.54, 1.807) is 0 Å². The van der Waals surface area contributed by atoms with E-state index in [2.05, 4.69) is 33.8 Å². The van der Waals surface area contributed by atoms with E-state index >= 15 is 0 Å². The van der Waals surface area contributed by atoms with Crippen molar-refractivity contribution in [2.75, 3.05) is 6.61 Å². The molecule has 0 bridgehead atoms. The van der Waals surface area contributed by atoms with Gasteiger partial charge in [-0.3, -0.25) is 0 Å². The maximum Gasteiger partial charge on any atom is 0.226 e. The Balaban J connectivity index is 1.83. The second-order valence-corrected chi connectivity index (χ2v) is 4.95.